The molecule has 0 saturated heterocycles. The van der Waals surface area contributed by atoms with Gasteiger partial charge in [-0.05, 0) is 60.2 Å². The molecule has 29 heavy (non-hydrogen) atoms. The third kappa shape index (κ3) is 5.32. The number of amides is 1. The van der Waals surface area contributed by atoms with E-state index in [0.29, 0.717) is 11.4 Å². The molecule has 0 bridgehead atoms. The number of rotatable bonds is 7. The Morgan fingerprint density at radius 3 is 2.34 bits per heavy atom. The summed E-state index contributed by atoms with van der Waals surface area (Å²) in [6.07, 6.45) is 0. The standard InChI is InChI=1S/C21H19FN2O4S/c1-28-19-11-9-18(10-12-19)24-29(26,27)20-4-2-3-16(13-20)21(25)23-14-15-5-7-17(22)8-6-15/h2-13,24H,14H2,1H3,(H,23,25). The minimum atomic E-state index is -3.87. The van der Waals surface area contributed by atoms with Crippen molar-refractivity contribution in [3.8, 4) is 5.75 Å². The normalized spacial score (nSPS) is 11.0. The molecule has 150 valence electrons. The van der Waals surface area contributed by atoms with E-state index < -0.39 is 15.9 Å². The van der Waals surface area contributed by atoms with Gasteiger partial charge in [0.15, 0.2) is 0 Å². The topological polar surface area (TPSA) is 84.5 Å². The van der Waals surface area contributed by atoms with Crippen molar-refractivity contribution in [1.29, 1.82) is 0 Å². The molecule has 6 nitrogen and oxygen atoms in total. The summed E-state index contributed by atoms with van der Waals surface area (Å²) < 4.78 is 45.7. The number of halogens is 1. The molecule has 0 saturated carbocycles. The predicted molar refractivity (Wildman–Crippen MR) is 108 cm³/mol. The van der Waals surface area contributed by atoms with Crippen molar-refractivity contribution < 1.29 is 22.3 Å². The maximum atomic E-state index is 12.9. The first-order chi connectivity index (χ1) is 13.9. The summed E-state index contributed by atoms with van der Waals surface area (Å²) in [5, 5.41) is 2.69. The minimum absolute atomic E-state index is 0.0391. The van der Waals surface area contributed by atoms with E-state index >= 15 is 0 Å². The number of carbonyl (C=O) groups excluding carboxylic acids is 1. The van der Waals surface area contributed by atoms with Crippen molar-refractivity contribution in [2.45, 2.75) is 11.4 Å². The molecule has 0 atom stereocenters. The van der Waals surface area contributed by atoms with Crippen LogP contribution in [0.25, 0.3) is 0 Å². The molecular weight excluding hydrogens is 395 g/mol. The zero-order valence-electron chi connectivity index (χ0n) is 15.6. The molecule has 0 radical (unpaired) electrons. The van der Waals surface area contributed by atoms with E-state index in [9.17, 15) is 17.6 Å². The van der Waals surface area contributed by atoms with Gasteiger partial charge in [-0.3, -0.25) is 9.52 Å². The van der Waals surface area contributed by atoms with Crippen LogP contribution >= 0.6 is 0 Å². The fourth-order valence-corrected chi connectivity index (χ4v) is 3.67. The average Bonchev–Trinajstić information content (AvgIpc) is 2.73. The number of ether oxygens (including phenoxy) is 1. The summed E-state index contributed by atoms with van der Waals surface area (Å²) in [5.74, 6) is -0.189. The molecule has 2 N–H and O–H groups in total. The Labute approximate surface area is 168 Å². The summed E-state index contributed by atoms with van der Waals surface area (Å²) in [4.78, 5) is 12.3. The Balaban J connectivity index is 1.71. The van der Waals surface area contributed by atoms with Gasteiger partial charge in [0.25, 0.3) is 15.9 Å². The quantitative estimate of drug-likeness (QED) is 0.619. The van der Waals surface area contributed by atoms with E-state index in [2.05, 4.69) is 10.0 Å². The van der Waals surface area contributed by atoms with Crippen LogP contribution in [0.15, 0.2) is 77.7 Å². The number of carbonyl (C=O) groups is 1. The van der Waals surface area contributed by atoms with E-state index in [1.165, 1.54) is 43.5 Å². The van der Waals surface area contributed by atoms with Gasteiger partial charge in [-0.2, -0.15) is 0 Å². The summed E-state index contributed by atoms with van der Waals surface area (Å²) in [6.45, 7) is 0.195. The van der Waals surface area contributed by atoms with Crippen molar-refractivity contribution >= 4 is 21.6 Å². The van der Waals surface area contributed by atoms with Gasteiger partial charge < -0.3 is 10.1 Å². The number of hydrogen-bond acceptors (Lipinski definition) is 4. The number of nitrogens with one attached hydrogen (secondary N) is 2. The lowest BCUT2D eigenvalue weighted by atomic mass is 10.2. The van der Waals surface area contributed by atoms with Crippen LogP contribution < -0.4 is 14.8 Å². The molecule has 0 heterocycles. The highest BCUT2D eigenvalue weighted by atomic mass is 32.2. The van der Waals surface area contributed by atoms with Gasteiger partial charge in [-0.1, -0.05) is 18.2 Å². The summed E-state index contributed by atoms with van der Waals surface area (Å²) in [6, 6.07) is 17.9. The molecule has 3 aromatic rings. The van der Waals surface area contributed by atoms with E-state index in [1.54, 1.807) is 36.4 Å². The van der Waals surface area contributed by atoms with E-state index in [4.69, 9.17) is 4.74 Å². The van der Waals surface area contributed by atoms with E-state index in [1.807, 2.05) is 0 Å². The Hall–Kier alpha value is -3.39. The van der Waals surface area contributed by atoms with Crippen LogP contribution in [0.4, 0.5) is 10.1 Å². The van der Waals surface area contributed by atoms with Gasteiger partial charge in [0.1, 0.15) is 11.6 Å². The van der Waals surface area contributed by atoms with Crippen molar-refractivity contribution in [3.63, 3.8) is 0 Å². The largest absolute Gasteiger partial charge is 0.497 e. The predicted octanol–water partition coefficient (Wildman–Crippen LogP) is 3.57. The fraction of sp³-hybridized carbons (Fsp3) is 0.0952. The summed E-state index contributed by atoms with van der Waals surface area (Å²) in [7, 11) is -2.35. The molecule has 8 heteroatoms. The molecular formula is C21H19FN2O4S. The van der Waals surface area contributed by atoms with Gasteiger partial charge >= 0.3 is 0 Å². The van der Waals surface area contributed by atoms with Crippen LogP contribution in [0.1, 0.15) is 15.9 Å². The molecule has 0 unspecified atom stereocenters. The lowest BCUT2D eigenvalue weighted by Gasteiger charge is -2.10. The Morgan fingerprint density at radius 1 is 1.00 bits per heavy atom. The second-order valence-corrected chi connectivity index (χ2v) is 7.85. The summed E-state index contributed by atoms with van der Waals surface area (Å²) in [5.41, 5.74) is 1.30. The van der Waals surface area contributed by atoms with Gasteiger partial charge in [-0.25, -0.2) is 12.8 Å². The SMILES string of the molecule is COc1ccc(NS(=O)(=O)c2cccc(C(=O)NCc3ccc(F)cc3)c2)cc1. The highest BCUT2D eigenvalue weighted by Gasteiger charge is 2.16. The van der Waals surface area contributed by atoms with Crippen LogP contribution in [0, 0.1) is 5.82 Å². The van der Waals surface area contributed by atoms with Gasteiger partial charge in [-0.15, -0.1) is 0 Å². The Kier molecular flexibility index (Phi) is 6.13. The lowest BCUT2D eigenvalue weighted by molar-refractivity contribution is 0.0950. The van der Waals surface area contributed by atoms with Crippen LogP contribution in [-0.2, 0) is 16.6 Å². The maximum Gasteiger partial charge on any atom is 0.261 e. The second kappa shape index (κ2) is 8.74. The van der Waals surface area contributed by atoms with Gasteiger partial charge in [0, 0.05) is 17.8 Å². The fourth-order valence-electron chi connectivity index (χ4n) is 2.56. The first-order valence-corrected chi connectivity index (χ1v) is 10.2. The highest BCUT2D eigenvalue weighted by molar-refractivity contribution is 7.92. The van der Waals surface area contributed by atoms with Crippen molar-refractivity contribution in [3.05, 3.63) is 89.7 Å². The summed E-state index contributed by atoms with van der Waals surface area (Å²) >= 11 is 0. The van der Waals surface area contributed by atoms with Crippen LogP contribution in [0.2, 0.25) is 0 Å². The Bertz CT molecular complexity index is 1100. The smallest absolute Gasteiger partial charge is 0.261 e. The third-order valence-electron chi connectivity index (χ3n) is 4.12. The zero-order chi connectivity index (χ0) is 20.9. The Morgan fingerprint density at radius 2 is 1.69 bits per heavy atom. The number of anilines is 1. The molecule has 0 aliphatic rings. The first-order valence-electron chi connectivity index (χ1n) is 8.67. The molecule has 1 amide bonds. The monoisotopic (exact) mass is 414 g/mol. The minimum Gasteiger partial charge on any atom is -0.497 e. The number of methoxy groups -OCH3 is 1. The maximum absolute atomic E-state index is 12.9. The van der Waals surface area contributed by atoms with Crippen LogP contribution in [0.3, 0.4) is 0 Å². The molecule has 0 aliphatic heterocycles. The van der Waals surface area contributed by atoms with Crippen molar-refractivity contribution in [2.75, 3.05) is 11.8 Å². The number of hydrogen-bond donors (Lipinski definition) is 2. The van der Waals surface area contributed by atoms with E-state index in [-0.39, 0.29) is 22.8 Å². The van der Waals surface area contributed by atoms with Crippen molar-refractivity contribution in [2.24, 2.45) is 0 Å². The molecule has 0 aromatic heterocycles. The van der Waals surface area contributed by atoms with Crippen LogP contribution in [-0.4, -0.2) is 21.4 Å². The molecule has 3 rings (SSSR count). The second-order valence-electron chi connectivity index (χ2n) is 6.17. The van der Waals surface area contributed by atoms with Crippen LogP contribution in [0.5, 0.6) is 5.75 Å². The molecule has 0 aliphatic carbocycles. The zero-order valence-corrected chi connectivity index (χ0v) is 16.4. The molecule has 0 fully saturated rings. The molecule has 0 spiro atoms. The number of sulfonamides is 1. The van der Waals surface area contributed by atoms with Gasteiger partial charge in [0.2, 0.25) is 0 Å². The number of benzene rings is 3. The van der Waals surface area contributed by atoms with E-state index in [0.717, 1.165) is 5.56 Å². The highest BCUT2D eigenvalue weighted by Crippen LogP contribution is 2.20. The third-order valence-corrected chi connectivity index (χ3v) is 5.49. The first kappa shape index (κ1) is 20.3. The van der Waals surface area contributed by atoms with Crippen molar-refractivity contribution in [1.82, 2.24) is 5.32 Å². The van der Waals surface area contributed by atoms with Gasteiger partial charge in [0.05, 0.1) is 12.0 Å². The lowest BCUT2D eigenvalue weighted by Crippen LogP contribution is -2.23. The average molecular weight is 414 g/mol. The molecule has 3 aromatic carbocycles.